The maximum Gasteiger partial charge on any atom is 0.306 e. The molecule has 0 fully saturated rings. The van der Waals surface area contributed by atoms with Gasteiger partial charge in [-0.2, -0.15) is 0 Å². The standard InChI is InChI=1S/C53H82O6/c1-4-7-10-13-16-19-22-24-25-26-27-29-31-34-37-40-43-46-52(55)58-49-50(48-57-51(54)45-42-39-36-33-30-21-18-15-12-9-6-3)59-53(56)47-44-41-38-35-32-28-23-20-17-14-11-8-5-2/h7,9-10,12,16,18-19,21,24-25,27-29,32-34,36-38,41,50H,4-6,8,11,13-15,17,20,22-23,26,30-31,35,39-40,42-49H2,1-3H3/b10-7-,12-9-,19-16-,21-18-,25-24-,29-27-,32-28-,36-33-,37-34-,41-38-. The average Bonchev–Trinajstić information content (AvgIpc) is 3.23. The van der Waals surface area contributed by atoms with Crippen molar-refractivity contribution in [1.29, 1.82) is 0 Å². The minimum absolute atomic E-state index is 0.149. The molecule has 0 aliphatic rings. The highest BCUT2D eigenvalue weighted by atomic mass is 16.6. The van der Waals surface area contributed by atoms with Crippen LogP contribution >= 0.6 is 0 Å². The number of esters is 3. The zero-order valence-corrected chi connectivity index (χ0v) is 37.5. The molecule has 0 heterocycles. The van der Waals surface area contributed by atoms with Crippen molar-refractivity contribution >= 4 is 17.9 Å². The van der Waals surface area contributed by atoms with Crippen LogP contribution in [0, 0.1) is 0 Å². The van der Waals surface area contributed by atoms with E-state index < -0.39 is 12.1 Å². The predicted molar refractivity (Wildman–Crippen MR) is 251 cm³/mol. The minimum Gasteiger partial charge on any atom is -0.462 e. The van der Waals surface area contributed by atoms with Gasteiger partial charge < -0.3 is 14.2 Å². The summed E-state index contributed by atoms with van der Waals surface area (Å²) >= 11 is 0. The Kier molecular flexibility index (Phi) is 43.2. The number of rotatable bonds is 39. The Balaban J connectivity index is 4.62. The molecule has 1 unspecified atom stereocenters. The number of carbonyl (C=O) groups is 3. The van der Waals surface area contributed by atoms with Crippen LogP contribution in [0.3, 0.4) is 0 Å². The minimum atomic E-state index is -0.853. The lowest BCUT2D eigenvalue weighted by Crippen LogP contribution is -2.30. The molecule has 0 rings (SSSR count). The topological polar surface area (TPSA) is 78.9 Å². The highest BCUT2D eigenvalue weighted by Gasteiger charge is 2.19. The SMILES string of the molecule is CC/C=C\C/C=C\C/C=C\C/C=C\C/C=C\CCCC(=O)OCC(COC(=O)CCC/C=C\C/C=C\C/C=C\CC)OC(=O)CC/C=C\C/C=C\CCCCCCCC. The largest absolute Gasteiger partial charge is 0.462 e. The second-order valence-electron chi connectivity index (χ2n) is 14.5. The summed E-state index contributed by atoms with van der Waals surface area (Å²) in [5, 5.41) is 0. The van der Waals surface area contributed by atoms with Gasteiger partial charge in [0.15, 0.2) is 6.10 Å². The fourth-order valence-corrected chi connectivity index (χ4v) is 5.55. The molecule has 0 aliphatic carbocycles. The van der Waals surface area contributed by atoms with E-state index >= 15 is 0 Å². The Labute approximate surface area is 361 Å². The van der Waals surface area contributed by atoms with Gasteiger partial charge >= 0.3 is 17.9 Å². The third kappa shape index (κ3) is 44.8. The van der Waals surface area contributed by atoms with Gasteiger partial charge in [0.2, 0.25) is 0 Å². The molecule has 0 amide bonds. The lowest BCUT2D eigenvalue weighted by molar-refractivity contribution is -0.166. The van der Waals surface area contributed by atoms with Crippen LogP contribution < -0.4 is 0 Å². The highest BCUT2D eigenvalue weighted by Crippen LogP contribution is 2.09. The van der Waals surface area contributed by atoms with E-state index in [-0.39, 0.29) is 44.4 Å². The van der Waals surface area contributed by atoms with Crippen LogP contribution in [-0.2, 0) is 28.6 Å². The van der Waals surface area contributed by atoms with E-state index in [0.29, 0.717) is 19.3 Å². The van der Waals surface area contributed by atoms with Gasteiger partial charge in [0.05, 0.1) is 0 Å². The molecule has 6 nitrogen and oxygen atoms in total. The maximum atomic E-state index is 12.7. The molecule has 0 aliphatic heterocycles. The van der Waals surface area contributed by atoms with Gasteiger partial charge in [0.25, 0.3) is 0 Å². The molecule has 59 heavy (non-hydrogen) atoms. The zero-order valence-electron chi connectivity index (χ0n) is 37.5. The Bertz CT molecular complexity index is 1300. The first-order chi connectivity index (χ1) is 29.0. The van der Waals surface area contributed by atoms with Crippen LogP contribution in [0.1, 0.15) is 175 Å². The molecule has 1 atom stereocenters. The Morgan fingerprint density at radius 1 is 0.356 bits per heavy atom. The predicted octanol–water partition coefficient (Wildman–Crippen LogP) is 15.0. The molecule has 0 radical (unpaired) electrons. The van der Waals surface area contributed by atoms with Crippen molar-refractivity contribution in [3.63, 3.8) is 0 Å². The molecule has 6 heteroatoms. The van der Waals surface area contributed by atoms with E-state index in [0.717, 1.165) is 77.0 Å². The molecule has 0 saturated heterocycles. The van der Waals surface area contributed by atoms with Gasteiger partial charge in [0.1, 0.15) is 13.2 Å². The molecule has 0 bridgehead atoms. The van der Waals surface area contributed by atoms with Gasteiger partial charge in [-0.15, -0.1) is 0 Å². The van der Waals surface area contributed by atoms with E-state index in [1.54, 1.807) is 0 Å². The fraction of sp³-hybridized carbons (Fsp3) is 0.566. The first-order valence-corrected chi connectivity index (χ1v) is 23.0. The number of allylic oxidation sites excluding steroid dienone is 20. The van der Waals surface area contributed by atoms with Crippen LogP contribution in [0.2, 0.25) is 0 Å². The van der Waals surface area contributed by atoms with Crippen molar-refractivity contribution in [2.24, 2.45) is 0 Å². The van der Waals surface area contributed by atoms with Crippen molar-refractivity contribution in [2.45, 2.75) is 181 Å². The number of ether oxygens (including phenoxy) is 3. The van der Waals surface area contributed by atoms with Crippen molar-refractivity contribution in [3.8, 4) is 0 Å². The molecule has 330 valence electrons. The van der Waals surface area contributed by atoms with E-state index in [1.807, 2.05) is 6.08 Å². The van der Waals surface area contributed by atoms with Gasteiger partial charge in [-0.3, -0.25) is 14.4 Å². The summed E-state index contributed by atoms with van der Waals surface area (Å²) in [6.07, 6.45) is 63.5. The normalized spacial score (nSPS) is 13.2. The molecule has 0 aromatic rings. The maximum absolute atomic E-state index is 12.7. The summed E-state index contributed by atoms with van der Waals surface area (Å²) in [5.41, 5.74) is 0. The number of unbranched alkanes of at least 4 members (excludes halogenated alkanes) is 8. The summed E-state index contributed by atoms with van der Waals surface area (Å²) in [6.45, 7) is 6.21. The number of hydrogen-bond acceptors (Lipinski definition) is 6. The number of carbonyl (C=O) groups excluding carboxylic acids is 3. The second kappa shape index (κ2) is 46.5. The van der Waals surface area contributed by atoms with E-state index in [4.69, 9.17) is 14.2 Å². The van der Waals surface area contributed by atoms with Crippen LogP contribution in [0.4, 0.5) is 0 Å². The third-order valence-corrected chi connectivity index (χ3v) is 8.94. The average molecular weight is 815 g/mol. The molecular formula is C53H82O6. The second-order valence-corrected chi connectivity index (χ2v) is 14.5. The van der Waals surface area contributed by atoms with Crippen LogP contribution in [0.15, 0.2) is 122 Å². The molecule has 0 N–H and O–H groups in total. The summed E-state index contributed by atoms with van der Waals surface area (Å²) in [4.78, 5) is 37.7. The van der Waals surface area contributed by atoms with Crippen molar-refractivity contribution < 1.29 is 28.6 Å². The quantitative estimate of drug-likeness (QED) is 0.0266. The Morgan fingerprint density at radius 2 is 0.695 bits per heavy atom. The van der Waals surface area contributed by atoms with Gasteiger partial charge in [-0.1, -0.05) is 174 Å². The molecule has 0 aromatic heterocycles. The zero-order chi connectivity index (χ0) is 43.0. The van der Waals surface area contributed by atoms with E-state index in [2.05, 4.69) is 136 Å². The van der Waals surface area contributed by atoms with Gasteiger partial charge in [0, 0.05) is 19.3 Å². The first kappa shape index (κ1) is 54.8. The van der Waals surface area contributed by atoms with Gasteiger partial charge in [-0.05, 0) is 103 Å². The Morgan fingerprint density at radius 3 is 1.10 bits per heavy atom. The molecule has 0 aromatic carbocycles. The highest BCUT2D eigenvalue weighted by molar-refractivity contribution is 5.71. The third-order valence-electron chi connectivity index (χ3n) is 8.94. The first-order valence-electron chi connectivity index (χ1n) is 23.0. The van der Waals surface area contributed by atoms with E-state index in [9.17, 15) is 14.4 Å². The fourth-order valence-electron chi connectivity index (χ4n) is 5.55. The number of hydrogen-bond donors (Lipinski definition) is 0. The summed E-state index contributed by atoms with van der Waals surface area (Å²) in [7, 11) is 0. The van der Waals surface area contributed by atoms with Crippen LogP contribution in [-0.4, -0.2) is 37.2 Å². The monoisotopic (exact) mass is 815 g/mol. The summed E-state index contributed by atoms with van der Waals surface area (Å²) in [6, 6.07) is 0. The lowest BCUT2D eigenvalue weighted by Gasteiger charge is -2.18. The van der Waals surface area contributed by atoms with Crippen molar-refractivity contribution in [2.75, 3.05) is 13.2 Å². The lowest BCUT2D eigenvalue weighted by atomic mass is 10.1. The summed E-state index contributed by atoms with van der Waals surface area (Å²) in [5.74, 6) is -1.14. The van der Waals surface area contributed by atoms with Crippen molar-refractivity contribution in [1.82, 2.24) is 0 Å². The summed E-state index contributed by atoms with van der Waals surface area (Å²) < 4.78 is 16.5. The Hall–Kier alpha value is -4.19. The van der Waals surface area contributed by atoms with Crippen molar-refractivity contribution in [3.05, 3.63) is 122 Å². The van der Waals surface area contributed by atoms with Crippen LogP contribution in [0.25, 0.3) is 0 Å². The molecule has 0 saturated carbocycles. The van der Waals surface area contributed by atoms with Crippen LogP contribution in [0.5, 0.6) is 0 Å². The smallest absolute Gasteiger partial charge is 0.306 e. The van der Waals surface area contributed by atoms with Gasteiger partial charge in [-0.25, -0.2) is 0 Å². The molecule has 0 spiro atoms. The molecular weight excluding hydrogens is 733 g/mol. The van der Waals surface area contributed by atoms with E-state index in [1.165, 1.54) is 38.5 Å².